The average molecular weight is 535 g/mol. The molecule has 0 N–H and O–H groups in total. The van der Waals surface area contributed by atoms with Crippen molar-refractivity contribution in [3.05, 3.63) is 0 Å². The van der Waals surface area contributed by atoms with Crippen molar-refractivity contribution in [1.29, 1.82) is 0 Å². The average Bonchev–Trinajstić information content (AvgIpc) is 2.79. The molecule has 0 aliphatic rings. The molecule has 0 fully saturated rings. The van der Waals surface area contributed by atoms with Gasteiger partial charge in [-0.25, -0.2) is 0 Å². The Morgan fingerprint density at radius 2 is 0.971 bits per heavy atom. The van der Waals surface area contributed by atoms with Crippen LogP contribution in [0.15, 0.2) is 0 Å². The van der Waals surface area contributed by atoms with Crippen LogP contribution in [0.2, 0.25) is 18.6 Å². The summed E-state index contributed by atoms with van der Waals surface area (Å²) >= 11 is 0. The summed E-state index contributed by atoms with van der Waals surface area (Å²) in [5, 5.41) is 0. The van der Waals surface area contributed by atoms with E-state index in [0.717, 1.165) is 6.04 Å². The quantitative estimate of drug-likeness (QED) is 0.110. The summed E-state index contributed by atoms with van der Waals surface area (Å²) in [4.78, 5) is 0. The fourth-order valence-corrected chi connectivity index (χ4v) is 7.48. The van der Waals surface area contributed by atoms with Gasteiger partial charge in [0.1, 0.15) is 0 Å². The molecule has 0 spiro atoms. The largest absolute Gasteiger partial charge is 0.500 e. The van der Waals surface area contributed by atoms with E-state index in [9.17, 15) is 13.2 Å². The predicted octanol–water partition coefficient (Wildman–Crippen LogP) is 8.26. The van der Waals surface area contributed by atoms with Crippen molar-refractivity contribution in [3.8, 4) is 0 Å². The lowest BCUT2D eigenvalue weighted by Gasteiger charge is -2.28. The van der Waals surface area contributed by atoms with Crippen molar-refractivity contribution < 1.29 is 35.3 Å². The van der Waals surface area contributed by atoms with Crippen LogP contribution in [0.1, 0.15) is 98.3 Å². The molecule has 0 rings (SSSR count). The number of halogens is 3. The van der Waals surface area contributed by atoms with E-state index in [1.807, 2.05) is 20.8 Å². The summed E-state index contributed by atoms with van der Waals surface area (Å²) in [6.45, 7) is 12.0. The highest BCUT2D eigenvalue weighted by atomic mass is 28.4. The molecule has 0 aromatic carbocycles. The topological polar surface area (TPSA) is 46.2 Å². The second kappa shape index (κ2) is 22.2. The molecule has 0 heterocycles. The molecular weight excluding hydrogens is 481 g/mol. The van der Waals surface area contributed by atoms with Gasteiger partial charge < -0.3 is 22.1 Å². The normalized spacial score (nSPS) is 12.5. The summed E-state index contributed by atoms with van der Waals surface area (Å²) in [5.74, 6) is 0. The lowest BCUT2D eigenvalue weighted by atomic mass is 10.1. The molecule has 5 nitrogen and oxygen atoms in total. The van der Waals surface area contributed by atoms with Crippen LogP contribution in [0, 0.1) is 0 Å². The Labute approximate surface area is 210 Å². The molecule has 0 aromatic rings. The van der Waals surface area contributed by atoms with Gasteiger partial charge in [-0.05, 0) is 39.8 Å². The smallest absolute Gasteiger partial charge is 0.398 e. The lowest BCUT2D eigenvalue weighted by Crippen LogP contribution is -2.45. The van der Waals surface area contributed by atoms with E-state index in [4.69, 9.17) is 22.1 Å². The summed E-state index contributed by atoms with van der Waals surface area (Å²) in [6, 6.07) is 0.919. The zero-order valence-corrected chi connectivity index (χ0v) is 25.0. The summed E-state index contributed by atoms with van der Waals surface area (Å²) in [5.41, 5.74) is 0. The highest BCUT2D eigenvalue weighted by Gasteiger charge is 2.39. The van der Waals surface area contributed by atoms with E-state index < -0.39 is 30.0 Å². The van der Waals surface area contributed by atoms with Crippen molar-refractivity contribution in [2.75, 3.05) is 34.0 Å². The molecule has 0 aromatic heterocycles. The SMILES string of the molecule is CCCCCCCCCCCC[Si](OCC)(OCC)OCC.CO[Si](C)(CCC(F)(F)F)OC. The lowest BCUT2D eigenvalue weighted by molar-refractivity contribution is -0.131. The molecule has 0 saturated heterocycles. The van der Waals surface area contributed by atoms with E-state index >= 15 is 0 Å². The van der Waals surface area contributed by atoms with Gasteiger partial charge in [0.15, 0.2) is 0 Å². The second-order valence-corrected chi connectivity index (χ2v) is 14.9. The number of unbranched alkanes of at least 4 members (excludes halogenated alkanes) is 9. The van der Waals surface area contributed by atoms with Gasteiger partial charge in [-0.15, -0.1) is 0 Å². The van der Waals surface area contributed by atoms with Crippen molar-refractivity contribution in [2.24, 2.45) is 0 Å². The van der Waals surface area contributed by atoms with E-state index in [1.54, 1.807) is 6.55 Å². The van der Waals surface area contributed by atoms with Crippen molar-refractivity contribution >= 4 is 17.4 Å². The van der Waals surface area contributed by atoms with Gasteiger partial charge in [-0.3, -0.25) is 0 Å². The van der Waals surface area contributed by atoms with Crippen LogP contribution in [0.25, 0.3) is 0 Å². The maximum atomic E-state index is 11.8. The van der Waals surface area contributed by atoms with E-state index in [1.165, 1.54) is 78.4 Å². The molecule has 0 atom stereocenters. The highest BCUT2D eigenvalue weighted by molar-refractivity contribution is 6.65. The van der Waals surface area contributed by atoms with Crippen LogP contribution in [-0.4, -0.2) is 57.6 Å². The number of hydrogen-bond donors (Lipinski definition) is 0. The Morgan fingerprint density at radius 3 is 1.29 bits per heavy atom. The van der Waals surface area contributed by atoms with Gasteiger partial charge in [0.25, 0.3) is 0 Å². The minimum atomic E-state index is -4.12. The number of alkyl halides is 3. The minimum absolute atomic E-state index is 0.0521. The van der Waals surface area contributed by atoms with E-state index in [2.05, 4.69) is 6.92 Å². The fourth-order valence-electron chi connectivity index (χ4n) is 3.49. The van der Waals surface area contributed by atoms with Crippen LogP contribution in [-0.2, 0) is 22.1 Å². The van der Waals surface area contributed by atoms with Crippen LogP contribution < -0.4 is 0 Å². The number of hydrogen-bond acceptors (Lipinski definition) is 5. The first-order valence-corrected chi connectivity index (χ1v) is 17.6. The molecule has 0 radical (unpaired) electrons. The zero-order chi connectivity index (χ0) is 26.3. The van der Waals surface area contributed by atoms with Crippen molar-refractivity contribution in [1.82, 2.24) is 0 Å². The third-order valence-corrected chi connectivity index (χ3v) is 11.7. The Balaban J connectivity index is 0. The van der Waals surface area contributed by atoms with Crippen LogP contribution >= 0.6 is 0 Å². The van der Waals surface area contributed by atoms with Gasteiger partial charge in [0, 0.05) is 46.5 Å². The minimum Gasteiger partial charge on any atom is -0.398 e. The Hall–Kier alpha value is 0.0238. The molecule has 0 aliphatic heterocycles. The fraction of sp³-hybridized carbons (Fsp3) is 1.00. The maximum Gasteiger partial charge on any atom is 0.500 e. The van der Waals surface area contributed by atoms with Gasteiger partial charge in [-0.2, -0.15) is 13.2 Å². The Kier molecular flexibility index (Phi) is 23.7. The van der Waals surface area contributed by atoms with Crippen molar-refractivity contribution in [2.45, 2.75) is 123 Å². The van der Waals surface area contributed by atoms with Crippen molar-refractivity contribution in [3.63, 3.8) is 0 Å². The third kappa shape index (κ3) is 21.3. The predicted molar refractivity (Wildman–Crippen MR) is 138 cm³/mol. The first-order chi connectivity index (χ1) is 16.1. The van der Waals surface area contributed by atoms with Gasteiger partial charge >= 0.3 is 23.5 Å². The van der Waals surface area contributed by atoms with Crippen LogP contribution in [0.4, 0.5) is 13.2 Å². The maximum absolute atomic E-state index is 11.8. The Bertz CT molecular complexity index is 422. The molecule has 0 bridgehead atoms. The number of rotatable bonds is 21. The molecule has 34 heavy (non-hydrogen) atoms. The summed E-state index contributed by atoms with van der Waals surface area (Å²) < 4.78 is 62.8. The first-order valence-electron chi connectivity index (χ1n) is 13.2. The van der Waals surface area contributed by atoms with Gasteiger partial charge in [-0.1, -0.05) is 64.7 Å². The first kappa shape index (κ1) is 36.2. The molecule has 0 amide bonds. The molecule has 0 unspecified atom stereocenters. The van der Waals surface area contributed by atoms with Crippen LogP contribution in [0.3, 0.4) is 0 Å². The summed E-state index contributed by atoms with van der Waals surface area (Å²) in [6.07, 6.45) is 8.59. The highest BCUT2D eigenvalue weighted by Crippen LogP contribution is 2.26. The zero-order valence-electron chi connectivity index (χ0n) is 23.0. The van der Waals surface area contributed by atoms with Gasteiger partial charge in [0.05, 0.1) is 0 Å². The third-order valence-electron chi connectivity index (χ3n) is 5.66. The molecule has 0 saturated carbocycles. The van der Waals surface area contributed by atoms with E-state index in [0.29, 0.717) is 19.8 Å². The summed E-state index contributed by atoms with van der Waals surface area (Å²) in [7, 11) is -2.15. The molecular formula is C24H53F3O5Si2. The molecule has 0 aliphatic carbocycles. The molecule has 208 valence electrons. The van der Waals surface area contributed by atoms with Gasteiger partial charge in [0.2, 0.25) is 0 Å². The standard InChI is InChI=1S/C18H40O3Si.C6H13F3O2Si/c1-5-9-10-11-12-13-14-15-16-17-18-22(19-6-2,20-7-3)21-8-4;1-10-12(3,11-2)5-4-6(7,8)9/h5-18H2,1-4H3;4-5H2,1-3H3. The monoisotopic (exact) mass is 534 g/mol. The Morgan fingerprint density at radius 1 is 0.588 bits per heavy atom. The second-order valence-electron chi connectivity index (χ2n) is 8.57. The van der Waals surface area contributed by atoms with E-state index in [-0.39, 0.29) is 6.04 Å². The molecule has 10 heteroatoms. The van der Waals surface area contributed by atoms with Crippen LogP contribution in [0.5, 0.6) is 0 Å².